The Morgan fingerprint density at radius 1 is 1.32 bits per heavy atom. The number of hydrogen-bond acceptors (Lipinski definition) is 5. The molecule has 1 N–H and O–H groups in total. The Balaban J connectivity index is 2.00. The van der Waals surface area contributed by atoms with Crippen LogP contribution in [-0.2, 0) is 19.1 Å². The molecule has 0 radical (unpaired) electrons. The van der Waals surface area contributed by atoms with E-state index in [1.165, 1.54) is 12.1 Å². The molecule has 0 bridgehead atoms. The van der Waals surface area contributed by atoms with Crippen LogP contribution < -0.4 is 0 Å². The van der Waals surface area contributed by atoms with Crippen LogP contribution in [0, 0.1) is 6.92 Å². The van der Waals surface area contributed by atoms with Gasteiger partial charge in [0.05, 0.1) is 18.0 Å². The Morgan fingerprint density at radius 3 is 2.64 bits per heavy atom. The molecule has 6 nitrogen and oxygen atoms in total. The van der Waals surface area contributed by atoms with Crippen molar-refractivity contribution in [2.24, 2.45) is 0 Å². The highest BCUT2D eigenvalue weighted by atomic mass is 32.2. The molecule has 1 fully saturated rings. The molecular formula is C15H21NO5S. The molecule has 1 saturated heterocycles. The van der Waals surface area contributed by atoms with Crippen LogP contribution in [0.1, 0.15) is 24.8 Å². The van der Waals surface area contributed by atoms with Gasteiger partial charge in [0.2, 0.25) is 0 Å². The van der Waals surface area contributed by atoms with Gasteiger partial charge in [0.15, 0.2) is 0 Å². The maximum absolute atomic E-state index is 12.2. The van der Waals surface area contributed by atoms with Gasteiger partial charge in [-0.25, -0.2) is 0 Å². The van der Waals surface area contributed by atoms with Gasteiger partial charge >= 0.3 is 5.97 Å². The van der Waals surface area contributed by atoms with Crippen LogP contribution in [0.5, 0.6) is 0 Å². The van der Waals surface area contributed by atoms with Gasteiger partial charge in [-0.1, -0.05) is 24.1 Å². The molecule has 122 valence electrons. The van der Waals surface area contributed by atoms with Crippen molar-refractivity contribution in [1.82, 2.24) is 4.90 Å². The van der Waals surface area contributed by atoms with Crippen LogP contribution in [0.15, 0.2) is 29.2 Å². The molecule has 1 aliphatic heterocycles. The lowest BCUT2D eigenvalue weighted by Gasteiger charge is -2.33. The van der Waals surface area contributed by atoms with E-state index in [1.54, 1.807) is 17.0 Å². The normalized spacial score (nSPS) is 20.0. The second-order valence-corrected chi connectivity index (χ2v) is 7.18. The van der Waals surface area contributed by atoms with Crippen molar-refractivity contribution in [2.75, 3.05) is 19.7 Å². The lowest BCUT2D eigenvalue weighted by atomic mass is 10.0. The Hall–Kier alpha value is -1.44. The monoisotopic (exact) mass is 327 g/mol. The van der Waals surface area contributed by atoms with E-state index in [4.69, 9.17) is 9.29 Å². The summed E-state index contributed by atoms with van der Waals surface area (Å²) in [5.74, 6) is -0.909. The van der Waals surface area contributed by atoms with E-state index in [1.807, 2.05) is 6.92 Å². The summed E-state index contributed by atoms with van der Waals surface area (Å²) < 4.78 is 29.5. The van der Waals surface area contributed by atoms with Gasteiger partial charge in [-0.3, -0.25) is 13.9 Å². The van der Waals surface area contributed by atoms with Gasteiger partial charge in [0.1, 0.15) is 0 Å². The summed E-state index contributed by atoms with van der Waals surface area (Å²) in [6.07, 6.45) is 2.62. The molecule has 0 amide bonds. The van der Waals surface area contributed by atoms with Crippen molar-refractivity contribution in [3.63, 3.8) is 0 Å². The smallest absolute Gasteiger partial charge is 0.317 e. The van der Waals surface area contributed by atoms with E-state index in [-0.39, 0.29) is 24.1 Å². The molecule has 0 unspecified atom stereocenters. The van der Waals surface area contributed by atoms with Crippen molar-refractivity contribution >= 4 is 16.1 Å². The maximum atomic E-state index is 12.2. The number of piperidine rings is 1. The third-order valence-corrected chi connectivity index (χ3v) is 5.11. The lowest BCUT2D eigenvalue weighted by Crippen LogP contribution is -2.45. The minimum absolute atomic E-state index is 0.0104. The molecule has 7 heteroatoms. The number of hydrogen-bond donors (Lipinski definition) is 1. The van der Waals surface area contributed by atoms with Crippen LogP contribution in [-0.4, -0.2) is 50.1 Å². The second kappa shape index (κ2) is 7.21. The summed E-state index contributed by atoms with van der Waals surface area (Å²) in [7, 11) is -3.80. The maximum Gasteiger partial charge on any atom is 0.317 e. The Bertz CT molecular complexity index is 611. The van der Waals surface area contributed by atoms with E-state index >= 15 is 0 Å². The van der Waals surface area contributed by atoms with Crippen molar-refractivity contribution in [3.05, 3.63) is 29.8 Å². The minimum atomic E-state index is -3.80. The largest absolute Gasteiger partial charge is 0.480 e. The number of aryl methyl sites for hydroxylation is 1. The average Bonchev–Trinajstić information content (AvgIpc) is 2.46. The van der Waals surface area contributed by atoms with Crippen LogP contribution in [0.25, 0.3) is 0 Å². The Kier molecular flexibility index (Phi) is 5.55. The van der Waals surface area contributed by atoms with Gasteiger partial charge in [0.25, 0.3) is 10.1 Å². The van der Waals surface area contributed by atoms with Crippen LogP contribution in [0.4, 0.5) is 0 Å². The molecule has 1 aromatic rings. The Morgan fingerprint density at radius 2 is 2.00 bits per heavy atom. The summed E-state index contributed by atoms with van der Waals surface area (Å²) in [5, 5.41) is 8.91. The van der Waals surface area contributed by atoms with E-state index < -0.39 is 16.1 Å². The zero-order chi connectivity index (χ0) is 16.2. The first-order chi connectivity index (χ1) is 10.4. The SMILES string of the molecule is Cc1ccc(S(=O)(=O)OC[C@@H]2CCCCN2CC(=O)O)cc1. The third-order valence-electron chi connectivity index (χ3n) is 3.81. The fourth-order valence-corrected chi connectivity index (χ4v) is 3.51. The summed E-state index contributed by atoms with van der Waals surface area (Å²) in [5.41, 5.74) is 0.971. The predicted octanol–water partition coefficient (Wildman–Crippen LogP) is 1.64. The quantitative estimate of drug-likeness (QED) is 0.800. The van der Waals surface area contributed by atoms with Gasteiger partial charge in [-0.2, -0.15) is 8.42 Å². The van der Waals surface area contributed by atoms with Crippen LogP contribution in [0.2, 0.25) is 0 Å². The molecule has 0 aromatic heterocycles. The molecule has 1 aromatic carbocycles. The molecule has 0 spiro atoms. The zero-order valence-electron chi connectivity index (χ0n) is 12.6. The number of carboxylic acids is 1. The minimum Gasteiger partial charge on any atom is -0.480 e. The van der Waals surface area contributed by atoms with Gasteiger partial charge in [-0.05, 0) is 38.4 Å². The first-order valence-corrected chi connectivity index (χ1v) is 8.71. The number of nitrogens with zero attached hydrogens (tertiary/aromatic N) is 1. The van der Waals surface area contributed by atoms with Gasteiger partial charge in [0, 0.05) is 6.04 Å². The molecule has 0 saturated carbocycles. The van der Waals surface area contributed by atoms with E-state index in [2.05, 4.69) is 0 Å². The fraction of sp³-hybridized carbons (Fsp3) is 0.533. The first-order valence-electron chi connectivity index (χ1n) is 7.30. The number of aliphatic carboxylic acids is 1. The van der Waals surface area contributed by atoms with Crippen molar-refractivity contribution in [2.45, 2.75) is 37.1 Å². The number of carbonyl (C=O) groups is 1. The first kappa shape index (κ1) is 16.9. The highest BCUT2D eigenvalue weighted by molar-refractivity contribution is 7.86. The van der Waals surface area contributed by atoms with Gasteiger partial charge in [-0.15, -0.1) is 0 Å². The summed E-state index contributed by atoms with van der Waals surface area (Å²) in [6.45, 7) is 2.44. The number of benzene rings is 1. The summed E-state index contributed by atoms with van der Waals surface area (Å²) in [6, 6.07) is 6.28. The number of likely N-dealkylation sites (tertiary alicyclic amines) is 1. The highest BCUT2D eigenvalue weighted by Gasteiger charge is 2.26. The zero-order valence-corrected chi connectivity index (χ0v) is 13.4. The fourth-order valence-electron chi connectivity index (χ4n) is 2.57. The lowest BCUT2D eigenvalue weighted by molar-refractivity contribution is -0.139. The average molecular weight is 327 g/mol. The highest BCUT2D eigenvalue weighted by Crippen LogP contribution is 2.20. The predicted molar refractivity (Wildman–Crippen MR) is 81.2 cm³/mol. The third kappa shape index (κ3) is 4.53. The van der Waals surface area contributed by atoms with Crippen LogP contribution >= 0.6 is 0 Å². The molecule has 1 atom stereocenters. The van der Waals surface area contributed by atoms with Crippen molar-refractivity contribution < 1.29 is 22.5 Å². The van der Waals surface area contributed by atoms with Crippen molar-refractivity contribution in [1.29, 1.82) is 0 Å². The van der Waals surface area contributed by atoms with Crippen molar-refractivity contribution in [3.8, 4) is 0 Å². The number of rotatable bonds is 6. The molecule has 1 heterocycles. The van der Waals surface area contributed by atoms with Gasteiger partial charge < -0.3 is 5.11 Å². The van der Waals surface area contributed by atoms with E-state index in [9.17, 15) is 13.2 Å². The molecular weight excluding hydrogens is 306 g/mol. The standard InChI is InChI=1S/C15H21NO5S/c1-12-5-7-14(8-6-12)22(19,20)21-11-13-4-2-3-9-16(13)10-15(17)18/h5-8,13H,2-4,9-11H2,1H3,(H,17,18)/t13-/m0/s1. The summed E-state index contributed by atoms with van der Waals surface area (Å²) in [4.78, 5) is 12.8. The molecule has 2 rings (SSSR count). The summed E-state index contributed by atoms with van der Waals surface area (Å²) >= 11 is 0. The molecule has 22 heavy (non-hydrogen) atoms. The molecule has 1 aliphatic rings. The van der Waals surface area contributed by atoms with Crippen LogP contribution in [0.3, 0.4) is 0 Å². The second-order valence-electron chi connectivity index (χ2n) is 5.57. The number of carboxylic acid groups (broad SMARTS) is 1. The topological polar surface area (TPSA) is 83.9 Å². The molecule has 0 aliphatic carbocycles. The van der Waals surface area contributed by atoms with E-state index in [0.29, 0.717) is 6.54 Å². The Labute approximate surface area is 130 Å². The van der Waals surface area contributed by atoms with E-state index in [0.717, 1.165) is 24.8 Å².